The summed E-state index contributed by atoms with van der Waals surface area (Å²) in [5.74, 6) is 0.0726. The molecule has 1 saturated heterocycles. The van der Waals surface area contributed by atoms with Crippen molar-refractivity contribution < 1.29 is 4.79 Å². The van der Waals surface area contributed by atoms with E-state index in [9.17, 15) is 4.79 Å². The first-order chi connectivity index (χ1) is 14.7. The highest BCUT2D eigenvalue weighted by Crippen LogP contribution is 2.36. The number of nitrogens with one attached hydrogen (secondary N) is 1. The van der Waals surface area contributed by atoms with Crippen LogP contribution < -0.4 is 5.32 Å². The number of aromatic nitrogens is 1. The molecule has 0 unspecified atom stereocenters. The van der Waals surface area contributed by atoms with Crippen LogP contribution in [0, 0.1) is 0 Å². The molecule has 5 rings (SSSR count). The van der Waals surface area contributed by atoms with E-state index in [1.807, 2.05) is 18.2 Å². The molecule has 1 N–H and O–H groups in total. The second-order valence-electron chi connectivity index (χ2n) is 8.01. The Bertz CT molecular complexity index is 1160. The van der Waals surface area contributed by atoms with Crippen LogP contribution in [0.15, 0.2) is 66.7 Å². The number of nitrogens with zero attached hydrogens (tertiary/aromatic N) is 2. The van der Waals surface area contributed by atoms with Gasteiger partial charge in [0, 0.05) is 0 Å². The van der Waals surface area contributed by atoms with E-state index in [-0.39, 0.29) is 18.0 Å². The van der Waals surface area contributed by atoms with Gasteiger partial charge in [0.1, 0.15) is 5.01 Å². The third-order valence-corrected chi connectivity index (χ3v) is 7.11. The van der Waals surface area contributed by atoms with E-state index in [0.29, 0.717) is 6.54 Å². The van der Waals surface area contributed by atoms with Gasteiger partial charge in [-0.2, -0.15) is 0 Å². The Morgan fingerprint density at radius 3 is 2.83 bits per heavy atom. The van der Waals surface area contributed by atoms with Crippen molar-refractivity contribution in [3.05, 3.63) is 77.3 Å². The van der Waals surface area contributed by atoms with E-state index in [2.05, 4.69) is 65.7 Å². The number of fused-ring (bicyclic) bond motifs is 2. The van der Waals surface area contributed by atoms with Crippen LogP contribution >= 0.6 is 11.3 Å². The zero-order valence-corrected chi connectivity index (χ0v) is 17.9. The summed E-state index contributed by atoms with van der Waals surface area (Å²) < 4.78 is 1.22. The number of rotatable bonds is 5. The second-order valence-corrected chi connectivity index (χ2v) is 9.07. The summed E-state index contributed by atoms with van der Waals surface area (Å²) in [6.07, 6.45) is 2.17. The van der Waals surface area contributed by atoms with Gasteiger partial charge in [0.05, 0.1) is 28.8 Å². The zero-order valence-electron chi connectivity index (χ0n) is 17.0. The first-order valence-corrected chi connectivity index (χ1v) is 11.4. The van der Waals surface area contributed by atoms with Crippen molar-refractivity contribution in [2.24, 2.45) is 0 Å². The van der Waals surface area contributed by atoms with Gasteiger partial charge in [0.15, 0.2) is 0 Å². The number of carbonyl (C=O) groups is 1. The lowest BCUT2D eigenvalue weighted by atomic mass is 10.00. The summed E-state index contributed by atoms with van der Waals surface area (Å²) in [6, 6.07) is 23.1. The summed E-state index contributed by atoms with van der Waals surface area (Å²) in [6.45, 7) is 3.42. The molecule has 0 radical (unpaired) electrons. The van der Waals surface area contributed by atoms with Crippen LogP contribution in [-0.4, -0.2) is 28.9 Å². The normalized spacial score (nSPS) is 18.1. The first kappa shape index (κ1) is 19.2. The van der Waals surface area contributed by atoms with Crippen molar-refractivity contribution >= 4 is 38.2 Å². The number of para-hydroxylation sites is 1. The lowest BCUT2D eigenvalue weighted by molar-refractivity contribution is -0.123. The first-order valence-electron chi connectivity index (χ1n) is 10.6. The van der Waals surface area contributed by atoms with Crippen molar-refractivity contribution in [1.29, 1.82) is 0 Å². The number of hydrogen-bond donors (Lipinski definition) is 1. The molecular formula is C25H25N3OS. The van der Waals surface area contributed by atoms with Crippen LogP contribution in [0.1, 0.15) is 42.4 Å². The van der Waals surface area contributed by atoms with E-state index in [1.165, 1.54) is 15.5 Å². The van der Waals surface area contributed by atoms with Crippen LogP contribution in [0.4, 0.5) is 0 Å². The SMILES string of the molecule is C[C@H](NC(=O)CN1CCC[C@@H]1c1nc2ccccc2s1)c1cccc2ccccc12. The lowest BCUT2D eigenvalue weighted by Gasteiger charge is -2.24. The van der Waals surface area contributed by atoms with Crippen LogP contribution in [0.3, 0.4) is 0 Å². The van der Waals surface area contributed by atoms with E-state index in [0.717, 1.165) is 35.5 Å². The van der Waals surface area contributed by atoms with Gasteiger partial charge in [-0.05, 0) is 54.8 Å². The maximum atomic E-state index is 12.9. The Hall–Kier alpha value is -2.76. The number of thiazole rings is 1. The highest BCUT2D eigenvalue weighted by molar-refractivity contribution is 7.18. The minimum absolute atomic E-state index is 0.0351. The lowest BCUT2D eigenvalue weighted by Crippen LogP contribution is -2.38. The molecule has 1 fully saturated rings. The topological polar surface area (TPSA) is 45.2 Å². The van der Waals surface area contributed by atoms with Crippen LogP contribution in [-0.2, 0) is 4.79 Å². The van der Waals surface area contributed by atoms with Crippen LogP contribution in [0.5, 0.6) is 0 Å². The highest BCUT2D eigenvalue weighted by Gasteiger charge is 2.30. The summed E-state index contributed by atoms with van der Waals surface area (Å²) in [7, 11) is 0. The Morgan fingerprint density at radius 1 is 1.13 bits per heavy atom. The molecule has 1 amide bonds. The van der Waals surface area contributed by atoms with Gasteiger partial charge < -0.3 is 5.32 Å². The van der Waals surface area contributed by atoms with E-state index in [4.69, 9.17) is 4.98 Å². The van der Waals surface area contributed by atoms with E-state index < -0.39 is 0 Å². The van der Waals surface area contributed by atoms with Crippen molar-refractivity contribution in [3.8, 4) is 0 Å². The smallest absolute Gasteiger partial charge is 0.234 e. The monoisotopic (exact) mass is 415 g/mol. The van der Waals surface area contributed by atoms with Crippen molar-refractivity contribution in [1.82, 2.24) is 15.2 Å². The molecule has 0 saturated carbocycles. The second kappa shape index (κ2) is 8.17. The molecule has 2 heterocycles. The number of likely N-dealkylation sites (tertiary alicyclic amines) is 1. The molecule has 0 aliphatic carbocycles. The maximum Gasteiger partial charge on any atom is 0.234 e. The Morgan fingerprint density at radius 2 is 1.93 bits per heavy atom. The van der Waals surface area contributed by atoms with E-state index >= 15 is 0 Å². The van der Waals surface area contributed by atoms with Gasteiger partial charge >= 0.3 is 0 Å². The van der Waals surface area contributed by atoms with Gasteiger partial charge in [0.2, 0.25) is 5.91 Å². The standard InChI is InChI=1S/C25H25N3OS/c1-17(19-11-6-9-18-8-2-3-10-20(18)19)26-24(29)16-28-15-7-13-22(28)25-27-21-12-4-5-14-23(21)30-25/h2-6,8-12,14,17,22H,7,13,15-16H2,1H3,(H,26,29)/t17-,22+/m0/s1. The number of carbonyl (C=O) groups excluding carboxylic acids is 1. The molecule has 1 aromatic heterocycles. The molecule has 152 valence electrons. The highest BCUT2D eigenvalue weighted by atomic mass is 32.1. The molecule has 5 heteroatoms. The third-order valence-electron chi connectivity index (χ3n) is 5.97. The molecule has 2 atom stereocenters. The van der Waals surface area contributed by atoms with Crippen molar-refractivity contribution in [2.75, 3.05) is 13.1 Å². The van der Waals surface area contributed by atoms with E-state index in [1.54, 1.807) is 11.3 Å². The summed E-state index contributed by atoms with van der Waals surface area (Å²) >= 11 is 1.75. The fraction of sp³-hybridized carbons (Fsp3) is 0.280. The minimum atomic E-state index is -0.0351. The van der Waals surface area contributed by atoms with Crippen molar-refractivity contribution in [2.45, 2.75) is 31.8 Å². The predicted molar refractivity (Wildman–Crippen MR) is 124 cm³/mol. The third kappa shape index (κ3) is 3.71. The van der Waals surface area contributed by atoms with Crippen molar-refractivity contribution in [3.63, 3.8) is 0 Å². The molecule has 30 heavy (non-hydrogen) atoms. The molecule has 0 spiro atoms. The molecule has 0 bridgehead atoms. The molecule has 1 aliphatic rings. The summed E-state index contributed by atoms with van der Waals surface area (Å²) in [5, 5.41) is 6.74. The van der Waals surface area contributed by atoms with Gasteiger partial charge in [-0.3, -0.25) is 9.69 Å². The molecule has 4 nitrogen and oxygen atoms in total. The zero-order chi connectivity index (χ0) is 20.5. The van der Waals surface area contributed by atoms with Gasteiger partial charge in [-0.1, -0.05) is 54.6 Å². The predicted octanol–water partition coefficient (Wildman–Crippen LogP) is 5.46. The fourth-order valence-electron chi connectivity index (χ4n) is 4.50. The molecular weight excluding hydrogens is 390 g/mol. The fourth-order valence-corrected chi connectivity index (χ4v) is 5.64. The molecule has 1 aliphatic heterocycles. The maximum absolute atomic E-state index is 12.9. The number of amides is 1. The quantitative estimate of drug-likeness (QED) is 0.470. The van der Waals surface area contributed by atoms with Crippen LogP contribution in [0.25, 0.3) is 21.0 Å². The minimum Gasteiger partial charge on any atom is -0.348 e. The van der Waals surface area contributed by atoms with Gasteiger partial charge in [-0.15, -0.1) is 11.3 Å². The molecule has 4 aromatic rings. The summed E-state index contributed by atoms with van der Waals surface area (Å²) in [5.41, 5.74) is 2.21. The molecule has 3 aromatic carbocycles. The number of hydrogen-bond acceptors (Lipinski definition) is 4. The Labute approximate surface area is 180 Å². The summed E-state index contributed by atoms with van der Waals surface area (Å²) in [4.78, 5) is 20.0. The average molecular weight is 416 g/mol. The van der Waals surface area contributed by atoms with Gasteiger partial charge in [0.25, 0.3) is 0 Å². The average Bonchev–Trinajstić information content (AvgIpc) is 3.39. The van der Waals surface area contributed by atoms with Gasteiger partial charge in [-0.25, -0.2) is 4.98 Å². The van der Waals surface area contributed by atoms with Crippen LogP contribution in [0.2, 0.25) is 0 Å². The Balaban J connectivity index is 1.29. The Kier molecular flexibility index (Phi) is 5.23. The number of benzene rings is 3. The largest absolute Gasteiger partial charge is 0.348 e.